The fourth-order valence-electron chi connectivity index (χ4n) is 2.79. The van der Waals surface area contributed by atoms with E-state index in [0.717, 1.165) is 25.2 Å². The van der Waals surface area contributed by atoms with Gasteiger partial charge in [0.1, 0.15) is 0 Å². The number of carbonyl (C=O) groups is 1. The van der Waals surface area contributed by atoms with Gasteiger partial charge in [0, 0.05) is 5.41 Å². The summed E-state index contributed by atoms with van der Waals surface area (Å²) >= 11 is 5.67. The van der Waals surface area contributed by atoms with E-state index in [1.54, 1.807) is 0 Å². The molecule has 0 aliphatic heterocycles. The Hall–Kier alpha value is -0.0400. The van der Waals surface area contributed by atoms with Crippen molar-refractivity contribution in [2.45, 2.75) is 44.9 Å². The van der Waals surface area contributed by atoms with Crippen LogP contribution in [0.3, 0.4) is 0 Å². The average Bonchev–Trinajstić information content (AvgIpc) is 2.37. The van der Waals surface area contributed by atoms with Crippen LogP contribution in [0.25, 0.3) is 0 Å². The predicted octanol–water partition coefficient (Wildman–Crippen LogP) is 3.11. The lowest BCUT2D eigenvalue weighted by Gasteiger charge is -2.33. The molecule has 3 aliphatic rings. The molecule has 3 saturated carbocycles. The van der Waals surface area contributed by atoms with E-state index >= 15 is 0 Å². The summed E-state index contributed by atoms with van der Waals surface area (Å²) in [6.45, 7) is 0. The van der Waals surface area contributed by atoms with E-state index in [1.165, 1.54) is 25.7 Å². The minimum Gasteiger partial charge on any atom is -0.281 e. The predicted molar refractivity (Wildman–Crippen MR) is 49.1 cm³/mol. The van der Waals surface area contributed by atoms with E-state index in [9.17, 15) is 4.79 Å². The third kappa shape index (κ3) is 1.28. The Bertz CT molecular complexity index is 187. The Morgan fingerprint density at radius 3 is 2.42 bits per heavy atom. The zero-order chi connectivity index (χ0) is 8.60. The Balaban J connectivity index is 2.19. The smallest absolute Gasteiger partial charge is 0.227 e. The van der Waals surface area contributed by atoms with Crippen LogP contribution in [0.4, 0.5) is 0 Å². The van der Waals surface area contributed by atoms with Crippen LogP contribution in [-0.2, 0) is 4.79 Å². The van der Waals surface area contributed by atoms with Crippen LogP contribution >= 0.6 is 11.6 Å². The van der Waals surface area contributed by atoms with Crippen molar-refractivity contribution in [2.75, 3.05) is 0 Å². The molecule has 12 heavy (non-hydrogen) atoms. The Morgan fingerprint density at radius 2 is 1.83 bits per heavy atom. The molecule has 3 rings (SSSR count). The summed E-state index contributed by atoms with van der Waals surface area (Å²) in [6, 6.07) is 0. The van der Waals surface area contributed by atoms with Crippen LogP contribution in [0.15, 0.2) is 0 Å². The molecule has 0 aromatic heterocycles. The molecular weight excluding hydrogens is 172 g/mol. The molecule has 1 nitrogen and oxygen atoms in total. The van der Waals surface area contributed by atoms with Gasteiger partial charge in [0.25, 0.3) is 0 Å². The van der Waals surface area contributed by atoms with Gasteiger partial charge in [-0.05, 0) is 49.6 Å². The van der Waals surface area contributed by atoms with Gasteiger partial charge in [-0.1, -0.05) is 12.8 Å². The molecular formula is C10H15ClO. The highest BCUT2D eigenvalue weighted by Gasteiger charge is 2.42. The fourth-order valence-corrected chi connectivity index (χ4v) is 3.08. The first-order valence-electron chi connectivity index (χ1n) is 4.93. The maximum absolute atomic E-state index is 11.3. The van der Waals surface area contributed by atoms with E-state index < -0.39 is 0 Å². The molecule has 0 aromatic rings. The second kappa shape index (κ2) is 3.02. The molecule has 68 valence electrons. The number of halogens is 1. The van der Waals surface area contributed by atoms with Crippen molar-refractivity contribution in [3.8, 4) is 0 Å². The zero-order valence-electron chi connectivity index (χ0n) is 7.31. The third-order valence-corrected chi connectivity index (χ3v) is 4.15. The van der Waals surface area contributed by atoms with Gasteiger partial charge in [-0.3, -0.25) is 4.79 Å². The summed E-state index contributed by atoms with van der Waals surface area (Å²) in [6.07, 6.45) is 8.16. The number of carbonyl (C=O) groups excluding carboxylic acids is 1. The molecule has 0 atom stereocenters. The van der Waals surface area contributed by atoms with Crippen LogP contribution in [-0.4, -0.2) is 5.24 Å². The second-order valence-electron chi connectivity index (χ2n) is 4.39. The Labute approximate surface area is 78.5 Å². The first-order chi connectivity index (χ1) is 5.73. The lowest BCUT2D eigenvalue weighted by atomic mass is 9.72. The molecule has 2 heteroatoms. The van der Waals surface area contributed by atoms with E-state index in [2.05, 4.69) is 0 Å². The third-order valence-electron chi connectivity index (χ3n) is 3.75. The van der Waals surface area contributed by atoms with Gasteiger partial charge in [0.05, 0.1) is 0 Å². The monoisotopic (exact) mass is 186 g/mol. The van der Waals surface area contributed by atoms with Crippen molar-refractivity contribution >= 4 is 16.8 Å². The van der Waals surface area contributed by atoms with Crippen molar-refractivity contribution in [2.24, 2.45) is 11.3 Å². The summed E-state index contributed by atoms with van der Waals surface area (Å²) in [4.78, 5) is 11.3. The lowest BCUT2D eigenvalue weighted by molar-refractivity contribution is -0.122. The van der Waals surface area contributed by atoms with Crippen LogP contribution in [0.1, 0.15) is 44.9 Å². The summed E-state index contributed by atoms with van der Waals surface area (Å²) < 4.78 is 0. The normalized spacial score (nSPS) is 40.9. The topological polar surface area (TPSA) is 17.1 Å². The SMILES string of the molecule is O=C(Cl)C12CCCC(CC1)CC2. The van der Waals surface area contributed by atoms with Gasteiger partial charge in [-0.15, -0.1) is 0 Å². The second-order valence-corrected chi connectivity index (χ2v) is 4.73. The molecule has 0 amide bonds. The lowest BCUT2D eigenvalue weighted by Crippen LogP contribution is -2.30. The van der Waals surface area contributed by atoms with Gasteiger partial charge >= 0.3 is 0 Å². The molecule has 2 bridgehead atoms. The van der Waals surface area contributed by atoms with Crippen LogP contribution < -0.4 is 0 Å². The maximum atomic E-state index is 11.3. The van der Waals surface area contributed by atoms with E-state index in [4.69, 9.17) is 11.6 Å². The summed E-state index contributed by atoms with van der Waals surface area (Å²) in [5.74, 6) is 0.900. The van der Waals surface area contributed by atoms with Gasteiger partial charge in [0.15, 0.2) is 0 Å². The summed E-state index contributed by atoms with van der Waals surface area (Å²) in [5.41, 5.74) is -0.103. The Kier molecular flexibility index (Phi) is 2.16. The molecule has 0 spiro atoms. The highest BCUT2D eigenvalue weighted by Crippen LogP contribution is 2.48. The molecule has 3 aliphatic carbocycles. The number of rotatable bonds is 1. The van der Waals surface area contributed by atoms with Crippen LogP contribution in [0.2, 0.25) is 0 Å². The van der Waals surface area contributed by atoms with Crippen molar-refractivity contribution in [3.63, 3.8) is 0 Å². The number of hydrogen-bond donors (Lipinski definition) is 0. The van der Waals surface area contributed by atoms with Crippen molar-refractivity contribution < 1.29 is 4.79 Å². The number of fused-ring (bicyclic) bond motifs is 4. The van der Waals surface area contributed by atoms with Crippen molar-refractivity contribution in [1.82, 2.24) is 0 Å². The van der Waals surface area contributed by atoms with Gasteiger partial charge in [-0.25, -0.2) is 0 Å². The minimum atomic E-state index is -0.103. The summed E-state index contributed by atoms with van der Waals surface area (Å²) in [5, 5.41) is -0.0668. The average molecular weight is 187 g/mol. The van der Waals surface area contributed by atoms with E-state index in [-0.39, 0.29) is 10.7 Å². The quantitative estimate of drug-likeness (QED) is 0.576. The molecule has 0 saturated heterocycles. The minimum absolute atomic E-state index is 0.0668. The number of hydrogen-bond acceptors (Lipinski definition) is 1. The molecule has 3 fully saturated rings. The van der Waals surface area contributed by atoms with Gasteiger partial charge in [-0.2, -0.15) is 0 Å². The molecule has 0 N–H and O–H groups in total. The van der Waals surface area contributed by atoms with Crippen molar-refractivity contribution in [3.05, 3.63) is 0 Å². The van der Waals surface area contributed by atoms with Gasteiger partial charge in [0.2, 0.25) is 5.24 Å². The highest BCUT2D eigenvalue weighted by molar-refractivity contribution is 6.64. The van der Waals surface area contributed by atoms with Crippen molar-refractivity contribution in [1.29, 1.82) is 0 Å². The van der Waals surface area contributed by atoms with Crippen LogP contribution in [0.5, 0.6) is 0 Å². The summed E-state index contributed by atoms with van der Waals surface area (Å²) in [7, 11) is 0. The first-order valence-corrected chi connectivity index (χ1v) is 5.31. The molecule has 0 heterocycles. The van der Waals surface area contributed by atoms with Gasteiger partial charge < -0.3 is 0 Å². The maximum Gasteiger partial charge on any atom is 0.227 e. The van der Waals surface area contributed by atoms with E-state index in [1.807, 2.05) is 0 Å². The first kappa shape index (κ1) is 8.55. The molecule has 0 aromatic carbocycles. The fraction of sp³-hybridized carbons (Fsp3) is 0.900. The van der Waals surface area contributed by atoms with Crippen LogP contribution in [0, 0.1) is 11.3 Å². The van der Waals surface area contributed by atoms with E-state index in [0.29, 0.717) is 0 Å². The highest BCUT2D eigenvalue weighted by atomic mass is 35.5. The standard InChI is InChI=1S/C10H15ClO/c11-9(12)10-5-1-2-8(3-6-10)4-7-10/h8H,1-7H2. The zero-order valence-corrected chi connectivity index (χ0v) is 8.07. The molecule has 0 radical (unpaired) electrons. The largest absolute Gasteiger partial charge is 0.281 e. The Morgan fingerprint density at radius 1 is 1.17 bits per heavy atom. The molecule has 0 unspecified atom stereocenters.